The first kappa shape index (κ1) is 12.3. The molecule has 0 radical (unpaired) electrons. The largest absolute Gasteiger partial charge is 0.497 e. The summed E-state index contributed by atoms with van der Waals surface area (Å²) in [6.45, 7) is 0.413. The van der Waals surface area contributed by atoms with Crippen LogP contribution in [0, 0.1) is 0 Å². The predicted molar refractivity (Wildman–Crippen MR) is 71.0 cm³/mol. The summed E-state index contributed by atoms with van der Waals surface area (Å²) in [5.74, 6) is 1.64. The molecule has 18 heavy (non-hydrogen) atoms. The van der Waals surface area contributed by atoms with Crippen LogP contribution in [0.25, 0.3) is 0 Å². The third-order valence-corrected chi connectivity index (χ3v) is 2.76. The Bertz CT molecular complexity index is 513. The maximum atomic E-state index is 5.69. The SMILES string of the molecule is COc1ccc(N(C)c2ncncc2CN)cc1. The van der Waals surface area contributed by atoms with Gasteiger partial charge in [0, 0.05) is 31.0 Å². The van der Waals surface area contributed by atoms with E-state index in [1.165, 1.54) is 6.33 Å². The molecule has 94 valence electrons. The molecule has 0 aliphatic rings. The van der Waals surface area contributed by atoms with Crippen molar-refractivity contribution < 1.29 is 4.74 Å². The maximum absolute atomic E-state index is 5.69. The van der Waals surface area contributed by atoms with Gasteiger partial charge in [-0.05, 0) is 24.3 Å². The lowest BCUT2D eigenvalue weighted by atomic mass is 10.2. The number of methoxy groups -OCH3 is 1. The zero-order chi connectivity index (χ0) is 13.0. The lowest BCUT2D eigenvalue weighted by Gasteiger charge is -2.20. The van der Waals surface area contributed by atoms with Crippen molar-refractivity contribution in [1.82, 2.24) is 9.97 Å². The van der Waals surface area contributed by atoms with Crippen molar-refractivity contribution >= 4 is 11.5 Å². The fourth-order valence-corrected chi connectivity index (χ4v) is 1.73. The minimum Gasteiger partial charge on any atom is -0.497 e. The van der Waals surface area contributed by atoms with Gasteiger partial charge < -0.3 is 15.4 Å². The Balaban J connectivity index is 2.31. The fraction of sp³-hybridized carbons (Fsp3) is 0.231. The average Bonchev–Trinajstić information content (AvgIpc) is 2.46. The molecule has 0 bridgehead atoms. The van der Waals surface area contributed by atoms with Gasteiger partial charge in [0.2, 0.25) is 0 Å². The van der Waals surface area contributed by atoms with E-state index in [1.807, 2.05) is 36.2 Å². The lowest BCUT2D eigenvalue weighted by molar-refractivity contribution is 0.415. The Morgan fingerprint density at radius 2 is 2.00 bits per heavy atom. The third-order valence-electron chi connectivity index (χ3n) is 2.76. The van der Waals surface area contributed by atoms with Crippen LogP contribution in [-0.4, -0.2) is 24.1 Å². The average molecular weight is 244 g/mol. The lowest BCUT2D eigenvalue weighted by Crippen LogP contribution is -2.15. The Morgan fingerprint density at radius 1 is 1.28 bits per heavy atom. The number of nitrogens with two attached hydrogens (primary N) is 1. The highest BCUT2D eigenvalue weighted by atomic mass is 16.5. The number of anilines is 2. The molecule has 1 aromatic carbocycles. The second kappa shape index (κ2) is 5.46. The van der Waals surface area contributed by atoms with E-state index in [4.69, 9.17) is 10.5 Å². The van der Waals surface area contributed by atoms with Crippen LogP contribution in [0.1, 0.15) is 5.56 Å². The summed E-state index contributed by atoms with van der Waals surface area (Å²) < 4.78 is 5.14. The Labute approximate surface area is 106 Å². The maximum Gasteiger partial charge on any atom is 0.140 e. The molecule has 0 aliphatic heterocycles. The van der Waals surface area contributed by atoms with Crippen LogP contribution in [0.2, 0.25) is 0 Å². The fourth-order valence-electron chi connectivity index (χ4n) is 1.73. The van der Waals surface area contributed by atoms with Gasteiger partial charge >= 0.3 is 0 Å². The molecule has 0 fully saturated rings. The normalized spacial score (nSPS) is 10.2. The Hall–Kier alpha value is -2.14. The standard InChI is InChI=1S/C13H16N4O/c1-17(11-3-5-12(18-2)6-4-11)13-10(7-14)8-15-9-16-13/h3-6,8-9H,7,14H2,1-2H3. The highest BCUT2D eigenvalue weighted by Crippen LogP contribution is 2.25. The van der Waals surface area contributed by atoms with Gasteiger partial charge in [0.1, 0.15) is 17.9 Å². The number of hydrogen-bond donors (Lipinski definition) is 1. The molecular weight excluding hydrogens is 228 g/mol. The van der Waals surface area contributed by atoms with Gasteiger partial charge in [-0.2, -0.15) is 0 Å². The van der Waals surface area contributed by atoms with Crippen molar-refractivity contribution in [2.75, 3.05) is 19.1 Å². The summed E-state index contributed by atoms with van der Waals surface area (Å²) in [6, 6.07) is 7.77. The van der Waals surface area contributed by atoms with Crippen molar-refractivity contribution in [2.24, 2.45) is 5.73 Å². The van der Waals surface area contributed by atoms with Crippen LogP contribution in [0.5, 0.6) is 5.75 Å². The van der Waals surface area contributed by atoms with E-state index in [-0.39, 0.29) is 0 Å². The number of hydrogen-bond acceptors (Lipinski definition) is 5. The molecule has 0 saturated heterocycles. The van der Waals surface area contributed by atoms with Gasteiger partial charge in [-0.3, -0.25) is 0 Å². The first-order chi connectivity index (χ1) is 8.76. The summed E-state index contributed by atoms with van der Waals surface area (Å²) in [7, 11) is 3.60. The zero-order valence-corrected chi connectivity index (χ0v) is 10.5. The number of nitrogens with zero attached hydrogens (tertiary/aromatic N) is 3. The minimum atomic E-state index is 0.413. The van der Waals surface area contributed by atoms with Crippen molar-refractivity contribution in [1.29, 1.82) is 0 Å². The molecule has 2 rings (SSSR count). The van der Waals surface area contributed by atoms with Gasteiger partial charge in [0.25, 0.3) is 0 Å². The minimum absolute atomic E-state index is 0.413. The molecule has 5 heteroatoms. The summed E-state index contributed by atoms with van der Waals surface area (Å²) in [6.07, 6.45) is 3.26. The van der Waals surface area contributed by atoms with Crippen LogP contribution in [0.15, 0.2) is 36.8 Å². The number of ether oxygens (including phenoxy) is 1. The molecule has 1 aromatic heterocycles. The summed E-state index contributed by atoms with van der Waals surface area (Å²) in [5.41, 5.74) is 7.62. The summed E-state index contributed by atoms with van der Waals surface area (Å²) >= 11 is 0. The summed E-state index contributed by atoms with van der Waals surface area (Å²) in [4.78, 5) is 10.2. The molecule has 5 nitrogen and oxygen atoms in total. The van der Waals surface area contributed by atoms with Crippen molar-refractivity contribution in [3.8, 4) is 5.75 Å². The van der Waals surface area contributed by atoms with Crippen molar-refractivity contribution in [3.05, 3.63) is 42.4 Å². The first-order valence-electron chi connectivity index (χ1n) is 5.63. The summed E-state index contributed by atoms with van der Waals surface area (Å²) in [5, 5.41) is 0. The molecule has 0 aliphatic carbocycles. The van der Waals surface area contributed by atoms with Crippen LogP contribution in [0.3, 0.4) is 0 Å². The smallest absolute Gasteiger partial charge is 0.140 e. The second-order valence-electron chi connectivity index (χ2n) is 3.83. The van der Waals surface area contributed by atoms with Crippen LogP contribution >= 0.6 is 0 Å². The molecule has 2 aromatic rings. The van der Waals surface area contributed by atoms with Gasteiger partial charge in [-0.1, -0.05) is 0 Å². The quantitative estimate of drug-likeness (QED) is 0.887. The highest BCUT2D eigenvalue weighted by molar-refractivity contribution is 5.62. The van der Waals surface area contributed by atoms with E-state index in [0.29, 0.717) is 6.54 Å². The number of benzene rings is 1. The molecule has 1 heterocycles. The molecule has 0 atom stereocenters. The van der Waals surface area contributed by atoms with Crippen LogP contribution in [0.4, 0.5) is 11.5 Å². The molecule has 0 unspecified atom stereocenters. The molecule has 0 amide bonds. The van der Waals surface area contributed by atoms with E-state index in [9.17, 15) is 0 Å². The molecule has 2 N–H and O–H groups in total. The van der Waals surface area contributed by atoms with Crippen LogP contribution in [-0.2, 0) is 6.54 Å². The molecular formula is C13H16N4O. The van der Waals surface area contributed by atoms with Gasteiger partial charge in [-0.25, -0.2) is 9.97 Å². The van der Waals surface area contributed by atoms with E-state index in [1.54, 1.807) is 13.3 Å². The van der Waals surface area contributed by atoms with Gasteiger partial charge in [0.05, 0.1) is 7.11 Å². The van der Waals surface area contributed by atoms with Crippen molar-refractivity contribution in [2.45, 2.75) is 6.54 Å². The van der Waals surface area contributed by atoms with Crippen LogP contribution < -0.4 is 15.4 Å². The molecule has 0 spiro atoms. The van der Waals surface area contributed by atoms with E-state index >= 15 is 0 Å². The monoisotopic (exact) mass is 244 g/mol. The topological polar surface area (TPSA) is 64.3 Å². The second-order valence-corrected chi connectivity index (χ2v) is 3.83. The Morgan fingerprint density at radius 3 is 2.61 bits per heavy atom. The van der Waals surface area contributed by atoms with E-state index in [0.717, 1.165) is 22.8 Å². The third kappa shape index (κ3) is 2.41. The zero-order valence-electron chi connectivity index (χ0n) is 10.5. The first-order valence-corrected chi connectivity index (χ1v) is 5.63. The number of rotatable bonds is 4. The molecule has 0 saturated carbocycles. The highest BCUT2D eigenvalue weighted by Gasteiger charge is 2.09. The van der Waals surface area contributed by atoms with E-state index in [2.05, 4.69) is 9.97 Å². The Kier molecular flexibility index (Phi) is 3.74. The predicted octanol–water partition coefficient (Wildman–Crippen LogP) is 1.71. The van der Waals surface area contributed by atoms with Gasteiger partial charge in [-0.15, -0.1) is 0 Å². The van der Waals surface area contributed by atoms with E-state index < -0.39 is 0 Å². The van der Waals surface area contributed by atoms with Gasteiger partial charge in [0.15, 0.2) is 0 Å². The number of aromatic nitrogens is 2. The van der Waals surface area contributed by atoms with Crippen molar-refractivity contribution in [3.63, 3.8) is 0 Å².